The first-order valence-electron chi connectivity index (χ1n) is 6.67. The van der Waals surface area contributed by atoms with Crippen LogP contribution in [0.25, 0.3) is 11.1 Å². The van der Waals surface area contributed by atoms with Crippen molar-refractivity contribution in [2.75, 3.05) is 13.7 Å². The van der Waals surface area contributed by atoms with Crippen molar-refractivity contribution in [3.05, 3.63) is 45.9 Å². The molecule has 2 aromatic carbocycles. The van der Waals surface area contributed by atoms with Crippen LogP contribution in [0.5, 0.6) is 11.5 Å². The molecule has 0 aromatic heterocycles. The molecule has 0 spiro atoms. The number of hydrogen-bond acceptors (Lipinski definition) is 3. The zero-order chi connectivity index (χ0) is 15.4. The second-order valence-electron chi connectivity index (χ2n) is 4.53. The Morgan fingerprint density at radius 2 is 1.81 bits per heavy atom. The van der Waals surface area contributed by atoms with E-state index >= 15 is 0 Å². The Balaban J connectivity index is 0.000000774. The van der Waals surface area contributed by atoms with Gasteiger partial charge in [0.25, 0.3) is 0 Å². The number of halogens is 2. The third kappa shape index (κ3) is 3.26. The van der Waals surface area contributed by atoms with Gasteiger partial charge in [0, 0.05) is 11.1 Å². The number of benzene rings is 2. The first-order valence-corrected chi connectivity index (χ1v) is 7.43. The van der Waals surface area contributed by atoms with Crippen molar-refractivity contribution in [2.45, 2.75) is 12.8 Å². The number of ether oxygens (including phenoxy) is 1. The summed E-state index contributed by atoms with van der Waals surface area (Å²) in [4.78, 5) is 0. The van der Waals surface area contributed by atoms with E-state index < -0.39 is 0 Å². The van der Waals surface area contributed by atoms with Crippen LogP contribution in [0.15, 0.2) is 30.3 Å². The molecule has 112 valence electrons. The third-order valence-corrected chi connectivity index (χ3v) is 3.83. The van der Waals surface area contributed by atoms with E-state index in [4.69, 9.17) is 27.9 Å². The maximum atomic E-state index is 9.50. The number of hydrogen-bond donors (Lipinski definition) is 2. The molecule has 3 nitrogen and oxygen atoms in total. The number of nitrogens with two attached hydrogens (primary N) is 1. The third-order valence-electron chi connectivity index (χ3n) is 3.23. The lowest BCUT2D eigenvalue weighted by Gasteiger charge is -2.21. The molecule has 0 aliphatic carbocycles. The molecule has 5 heteroatoms. The fourth-order valence-corrected chi connectivity index (χ4v) is 3.08. The summed E-state index contributed by atoms with van der Waals surface area (Å²) < 4.78 is 5.77. The Morgan fingerprint density at radius 3 is 2.48 bits per heavy atom. The van der Waals surface area contributed by atoms with Crippen LogP contribution in [0.3, 0.4) is 0 Å². The van der Waals surface area contributed by atoms with Crippen LogP contribution in [-0.2, 0) is 6.42 Å². The minimum Gasteiger partial charge on any atom is -0.508 e. The number of phenols is 1. The lowest BCUT2D eigenvalue weighted by atomic mass is 9.97. The first-order chi connectivity index (χ1) is 10.2. The summed E-state index contributed by atoms with van der Waals surface area (Å²) in [6.07, 6.45) is 2.02. The number of fused-ring (bicyclic) bond motifs is 1. The smallest absolute Gasteiger partial charge is 0.130 e. The molecule has 0 bridgehead atoms. The van der Waals surface area contributed by atoms with E-state index in [1.165, 1.54) is 24.7 Å². The average molecular weight is 326 g/mol. The molecule has 0 amide bonds. The van der Waals surface area contributed by atoms with Crippen LogP contribution >= 0.6 is 23.2 Å². The van der Waals surface area contributed by atoms with Crippen LogP contribution in [0.4, 0.5) is 0 Å². The fraction of sp³-hybridized carbons (Fsp3) is 0.250. The van der Waals surface area contributed by atoms with Gasteiger partial charge in [0.15, 0.2) is 0 Å². The van der Waals surface area contributed by atoms with Crippen LogP contribution < -0.4 is 10.5 Å². The van der Waals surface area contributed by atoms with Gasteiger partial charge in [0.2, 0.25) is 0 Å². The zero-order valence-electron chi connectivity index (χ0n) is 11.7. The van der Waals surface area contributed by atoms with Gasteiger partial charge in [-0.05, 0) is 37.6 Å². The number of phenolic OH excluding ortho intramolecular Hbond substituents is 1. The topological polar surface area (TPSA) is 55.5 Å². The molecule has 0 radical (unpaired) electrons. The average Bonchev–Trinajstić information content (AvgIpc) is 2.48. The maximum absolute atomic E-state index is 9.50. The quantitative estimate of drug-likeness (QED) is 0.823. The molecule has 1 heterocycles. The summed E-state index contributed by atoms with van der Waals surface area (Å²) in [6.45, 7) is 0.706. The second kappa shape index (κ2) is 7.03. The molecule has 3 N–H and O–H groups in total. The second-order valence-corrected chi connectivity index (χ2v) is 5.34. The van der Waals surface area contributed by atoms with Crippen molar-refractivity contribution in [1.29, 1.82) is 0 Å². The van der Waals surface area contributed by atoms with Gasteiger partial charge in [-0.3, -0.25) is 0 Å². The van der Waals surface area contributed by atoms with Crippen molar-refractivity contribution < 1.29 is 9.84 Å². The van der Waals surface area contributed by atoms with Crippen LogP contribution in [-0.4, -0.2) is 18.8 Å². The molecule has 0 saturated heterocycles. The van der Waals surface area contributed by atoms with Gasteiger partial charge in [-0.2, -0.15) is 0 Å². The van der Waals surface area contributed by atoms with Crippen LogP contribution in [0.2, 0.25) is 10.0 Å². The van der Waals surface area contributed by atoms with Crippen LogP contribution in [0.1, 0.15) is 12.0 Å². The Bertz CT molecular complexity index is 621. The Labute approximate surface area is 134 Å². The van der Waals surface area contributed by atoms with Crippen molar-refractivity contribution in [3.8, 4) is 22.6 Å². The van der Waals surface area contributed by atoms with Gasteiger partial charge < -0.3 is 15.6 Å². The summed E-state index contributed by atoms with van der Waals surface area (Å²) in [7, 11) is 1.50. The summed E-state index contributed by atoms with van der Waals surface area (Å²) >= 11 is 12.4. The van der Waals surface area contributed by atoms with E-state index in [1.54, 1.807) is 0 Å². The lowest BCUT2D eigenvalue weighted by Crippen LogP contribution is -2.09. The molecule has 0 atom stereocenters. The fourth-order valence-electron chi connectivity index (χ4n) is 2.40. The van der Waals surface area contributed by atoms with Gasteiger partial charge in [-0.25, -0.2) is 0 Å². The Hall–Kier alpha value is -1.42. The highest BCUT2D eigenvalue weighted by molar-refractivity contribution is 6.39. The van der Waals surface area contributed by atoms with Crippen LogP contribution in [0, 0.1) is 0 Å². The standard InChI is InChI=1S/C15H12Cl2O2.CH5N/c16-12-7-10(18)8-13(17)14(12)11-5-1-3-9-4-2-6-19-15(9)11;1-2/h1,3,5,7-8,18H,2,4,6H2;2H2,1H3. The highest BCUT2D eigenvalue weighted by atomic mass is 35.5. The highest BCUT2D eigenvalue weighted by Gasteiger charge is 2.19. The van der Waals surface area contributed by atoms with Gasteiger partial charge in [-0.1, -0.05) is 41.4 Å². The number of rotatable bonds is 1. The SMILES string of the molecule is CN.Oc1cc(Cl)c(-c2cccc3c2OCCC3)c(Cl)c1. The largest absolute Gasteiger partial charge is 0.508 e. The van der Waals surface area contributed by atoms with E-state index in [2.05, 4.69) is 11.8 Å². The summed E-state index contributed by atoms with van der Waals surface area (Å²) in [5, 5.41) is 10.4. The lowest BCUT2D eigenvalue weighted by molar-refractivity contribution is 0.289. The molecule has 0 unspecified atom stereocenters. The zero-order valence-corrected chi connectivity index (χ0v) is 13.2. The highest BCUT2D eigenvalue weighted by Crippen LogP contribution is 2.44. The Morgan fingerprint density at radius 1 is 1.14 bits per heavy atom. The molecule has 2 aromatic rings. The van der Waals surface area contributed by atoms with Gasteiger partial charge in [0.1, 0.15) is 11.5 Å². The molecular weight excluding hydrogens is 309 g/mol. The Kier molecular flexibility index (Phi) is 5.34. The number of aromatic hydroxyl groups is 1. The monoisotopic (exact) mass is 325 g/mol. The molecule has 1 aliphatic heterocycles. The molecular formula is C16H17Cl2NO2. The van der Waals surface area contributed by atoms with E-state index in [-0.39, 0.29) is 5.75 Å². The molecule has 3 rings (SSSR count). The van der Waals surface area contributed by atoms with Gasteiger partial charge in [-0.15, -0.1) is 0 Å². The van der Waals surface area contributed by atoms with Gasteiger partial charge in [0.05, 0.1) is 16.7 Å². The van der Waals surface area contributed by atoms with E-state index in [0.29, 0.717) is 22.2 Å². The van der Waals surface area contributed by atoms with E-state index in [0.717, 1.165) is 24.2 Å². The predicted octanol–water partition coefficient (Wildman–Crippen LogP) is 4.27. The van der Waals surface area contributed by atoms with Crippen molar-refractivity contribution in [1.82, 2.24) is 0 Å². The minimum atomic E-state index is 0.0597. The van der Waals surface area contributed by atoms with Crippen molar-refractivity contribution >= 4 is 23.2 Å². The molecule has 0 saturated carbocycles. The first kappa shape index (κ1) is 16.0. The summed E-state index contributed by atoms with van der Waals surface area (Å²) in [5.74, 6) is 0.910. The predicted molar refractivity (Wildman–Crippen MR) is 87.5 cm³/mol. The number of aryl methyl sites for hydroxylation is 1. The normalized spacial score (nSPS) is 12.8. The number of para-hydroxylation sites is 1. The summed E-state index contributed by atoms with van der Waals surface area (Å²) in [6, 6.07) is 8.95. The van der Waals surface area contributed by atoms with Gasteiger partial charge >= 0.3 is 0 Å². The van der Waals surface area contributed by atoms with Crippen molar-refractivity contribution in [2.24, 2.45) is 5.73 Å². The van der Waals surface area contributed by atoms with E-state index in [9.17, 15) is 5.11 Å². The molecule has 21 heavy (non-hydrogen) atoms. The van der Waals surface area contributed by atoms with Crippen molar-refractivity contribution in [3.63, 3.8) is 0 Å². The minimum absolute atomic E-state index is 0.0597. The molecule has 0 fully saturated rings. The summed E-state index contributed by atoms with van der Waals surface area (Å²) in [5.41, 5.74) is 7.26. The van der Waals surface area contributed by atoms with E-state index in [1.807, 2.05) is 12.1 Å². The molecule has 1 aliphatic rings. The maximum Gasteiger partial charge on any atom is 0.130 e.